The summed E-state index contributed by atoms with van der Waals surface area (Å²) in [6, 6.07) is 5.19. The molecule has 4 rings (SSSR count). The Morgan fingerprint density at radius 2 is 1.88 bits per heavy atom. The Labute approximate surface area is 190 Å². The normalized spacial score (nSPS) is 21.5. The van der Waals surface area contributed by atoms with E-state index in [4.69, 9.17) is 4.74 Å². The van der Waals surface area contributed by atoms with Crippen LogP contribution in [0.25, 0.3) is 0 Å². The number of Topliss-reactive ketones (excluding diaryl/α,β-unsaturated/α-hetero) is 2. The highest BCUT2D eigenvalue weighted by Crippen LogP contribution is 2.57. The quantitative estimate of drug-likeness (QED) is 0.370. The molecule has 3 N–H and O–H groups in total. The van der Waals surface area contributed by atoms with Crippen LogP contribution in [-0.4, -0.2) is 32.5 Å². The van der Waals surface area contributed by atoms with E-state index in [0.717, 1.165) is 5.69 Å². The van der Waals surface area contributed by atoms with Crippen LogP contribution in [0.4, 0.5) is 0 Å². The lowest BCUT2D eigenvalue weighted by atomic mass is 9.70. The summed E-state index contributed by atoms with van der Waals surface area (Å²) >= 11 is 0. The molecule has 0 fully saturated rings. The van der Waals surface area contributed by atoms with E-state index in [1.807, 2.05) is 19.1 Å². The van der Waals surface area contributed by atoms with Gasteiger partial charge in [0.15, 0.2) is 17.3 Å². The minimum Gasteiger partial charge on any atom is -0.507 e. The number of ether oxygens (including phenoxy) is 1. The van der Waals surface area contributed by atoms with Crippen molar-refractivity contribution in [2.45, 2.75) is 46.1 Å². The van der Waals surface area contributed by atoms with E-state index >= 15 is 0 Å². The molecule has 2 heterocycles. The molecule has 8 heteroatoms. The molecule has 1 aromatic carbocycles. The van der Waals surface area contributed by atoms with Crippen molar-refractivity contribution in [1.29, 1.82) is 0 Å². The first-order valence-corrected chi connectivity index (χ1v) is 10.5. The van der Waals surface area contributed by atoms with Gasteiger partial charge in [0.05, 0.1) is 22.9 Å². The summed E-state index contributed by atoms with van der Waals surface area (Å²) in [6.45, 7) is 7.72. The number of nitrogens with zero attached hydrogens (tertiary/aromatic N) is 1. The Morgan fingerprint density at radius 1 is 1.18 bits per heavy atom. The molecule has 0 radical (unpaired) electrons. The number of carbonyl (C=O) groups excluding carboxylic acids is 3. The number of carbonyl (C=O) groups is 3. The molecule has 1 aromatic heterocycles. The van der Waals surface area contributed by atoms with Crippen molar-refractivity contribution >= 4 is 17.3 Å². The highest BCUT2D eigenvalue weighted by molar-refractivity contribution is 6.31. The Kier molecular flexibility index (Phi) is 5.11. The van der Waals surface area contributed by atoms with Gasteiger partial charge in [0.1, 0.15) is 34.0 Å². The van der Waals surface area contributed by atoms with Gasteiger partial charge in [-0.3, -0.25) is 19.4 Å². The average molecular weight is 448 g/mol. The molecule has 2 aromatic rings. The predicted octanol–water partition coefficient (Wildman–Crippen LogP) is 3.31. The fourth-order valence-electron chi connectivity index (χ4n) is 4.47. The molecule has 2 aliphatic rings. The predicted molar refractivity (Wildman–Crippen MR) is 119 cm³/mol. The third-order valence-corrected chi connectivity index (χ3v) is 6.32. The molecule has 0 unspecified atom stereocenters. The highest BCUT2D eigenvalue weighted by Gasteiger charge is 2.56. The molecule has 1 aliphatic carbocycles. The molecule has 170 valence electrons. The minimum atomic E-state index is -1.54. The topological polar surface area (TPSA) is 126 Å². The van der Waals surface area contributed by atoms with Crippen LogP contribution in [0.2, 0.25) is 0 Å². The SMILES string of the molecule is CC(=O)c1c(O)c(C)c(O)c2c1OC1=CC(=O)/C(=C(/C)N[C@@H](C)c3ccccn3)C(=O)[C@@]12C. The summed E-state index contributed by atoms with van der Waals surface area (Å²) in [7, 11) is 0. The molecule has 2 atom stereocenters. The number of nitrogens with one attached hydrogen (secondary N) is 1. The van der Waals surface area contributed by atoms with E-state index in [2.05, 4.69) is 10.3 Å². The molecule has 0 amide bonds. The van der Waals surface area contributed by atoms with E-state index in [1.165, 1.54) is 26.8 Å². The van der Waals surface area contributed by atoms with Gasteiger partial charge >= 0.3 is 0 Å². The Balaban J connectivity index is 1.87. The lowest BCUT2D eigenvalue weighted by molar-refractivity contribution is -0.123. The van der Waals surface area contributed by atoms with Crippen molar-refractivity contribution in [3.8, 4) is 17.2 Å². The molecular formula is C25H24N2O6. The van der Waals surface area contributed by atoms with Crippen LogP contribution in [0.3, 0.4) is 0 Å². The van der Waals surface area contributed by atoms with E-state index in [-0.39, 0.29) is 45.6 Å². The van der Waals surface area contributed by atoms with Gasteiger partial charge in [-0.25, -0.2) is 0 Å². The number of ketones is 3. The summed E-state index contributed by atoms with van der Waals surface area (Å²) in [6.07, 6.45) is 2.85. The lowest BCUT2D eigenvalue weighted by Gasteiger charge is -2.29. The van der Waals surface area contributed by atoms with Crippen molar-refractivity contribution in [3.05, 3.63) is 69.9 Å². The second kappa shape index (κ2) is 7.58. The standard InChI is InChI=1S/C25H24N2O6/c1-11-21(30)19(14(4)28)23-20(22(11)31)25(5)17(33-23)10-16(29)18(24(25)32)13(3)27-12(2)15-8-6-7-9-26-15/h6-10,12,27,30-31H,1-5H3/b18-13+/t12-,25-/m0/s1. The summed E-state index contributed by atoms with van der Waals surface area (Å²) in [4.78, 5) is 43.3. The average Bonchev–Trinajstić information content (AvgIpc) is 3.05. The van der Waals surface area contributed by atoms with Gasteiger partial charge in [-0.2, -0.15) is 0 Å². The van der Waals surface area contributed by atoms with E-state index in [0.29, 0.717) is 5.70 Å². The van der Waals surface area contributed by atoms with Crippen LogP contribution in [0, 0.1) is 6.92 Å². The third kappa shape index (κ3) is 3.13. The number of hydrogen-bond donors (Lipinski definition) is 3. The zero-order valence-corrected chi connectivity index (χ0v) is 18.9. The molecule has 0 saturated carbocycles. The summed E-state index contributed by atoms with van der Waals surface area (Å²) in [5, 5.41) is 24.5. The van der Waals surface area contributed by atoms with Gasteiger partial charge in [0.25, 0.3) is 0 Å². The number of hydrogen-bond acceptors (Lipinski definition) is 8. The van der Waals surface area contributed by atoms with Crippen molar-refractivity contribution in [2.24, 2.45) is 0 Å². The maximum absolute atomic E-state index is 13.8. The Bertz CT molecular complexity index is 1290. The number of benzene rings is 1. The molecule has 33 heavy (non-hydrogen) atoms. The number of allylic oxidation sites excluding steroid dienone is 4. The van der Waals surface area contributed by atoms with Crippen LogP contribution < -0.4 is 10.1 Å². The van der Waals surface area contributed by atoms with Crippen LogP contribution in [0.5, 0.6) is 17.2 Å². The summed E-state index contributed by atoms with van der Waals surface area (Å²) < 4.78 is 5.77. The monoisotopic (exact) mass is 448 g/mol. The maximum atomic E-state index is 13.8. The first-order chi connectivity index (χ1) is 15.5. The van der Waals surface area contributed by atoms with Gasteiger partial charge in [-0.05, 0) is 46.8 Å². The van der Waals surface area contributed by atoms with Crippen molar-refractivity contribution in [2.75, 3.05) is 0 Å². The van der Waals surface area contributed by atoms with Gasteiger partial charge in [0, 0.05) is 23.5 Å². The van der Waals surface area contributed by atoms with Crippen LogP contribution in [0.1, 0.15) is 60.9 Å². The summed E-state index contributed by atoms with van der Waals surface area (Å²) in [5.41, 5.74) is -0.539. The Morgan fingerprint density at radius 3 is 2.48 bits per heavy atom. The fraction of sp³-hybridized carbons (Fsp3) is 0.280. The molecular weight excluding hydrogens is 424 g/mol. The maximum Gasteiger partial charge on any atom is 0.194 e. The highest BCUT2D eigenvalue weighted by atomic mass is 16.5. The van der Waals surface area contributed by atoms with Crippen molar-refractivity contribution < 1.29 is 29.3 Å². The van der Waals surface area contributed by atoms with Crippen molar-refractivity contribution in [1.82, 2.24) is 10.3 Å². The number of aromatic hydroxyl groups is 2. The van der Waals surface area contributed by atoms with E-state index in [1.54, 1.807) is 19.2 Å². The zero-order valence-electron chi connectivity index (χ0n) is 18.9. The number of phenolic OH excluding ortho intramolecular Hbond substituents is 2. The first kappa shape index (κ1) is 22.3. The molecule has 0 spiro atoms. The van der Waals surface area contributed by atoms with Gasteiger partial charge in [0.2, 0.25) is 0 Å². The van der Waals surface area contributed by atoms with Crippen LogP contribution in [-0.2, 0) is 15.0 Å². The smallest absolute Gasteiger partial charge is 0.194 e. The lowest BCUT2D eigenvalue weighted by Crippen LogP contribution is -2.41. The van der Waals surface area contributed by atoms with Crippen LogP contribution in [0.15, 0.2) is 47.5 Å². The minimum absolute atomic E-state index is 0.00428. The van der Waals surface area contributed by atoms with Gasteiger partial charge in [-0.15, -0.1) is 0 Å². The molecule has 8 nitrogen and oxygen atoms in total. The number of phenols is 2. The third-order valence-electron chi connectivity index (χ3n) is 6.32. The number of aromatic nitrogens is 1. The zero-order chi connectivity index (χ0) is 24.2. The molecule has 0 bridgehead atoms. The van der Waals surface area contributed by atoms with Gasteiger partial charge < -0.3 is 20.3 Å². The summed E-state index contributed by atoms with van der Waals surface area (Å²) in [5.74, 6) is -2.49. The number of fused-ring (bicyclic) bond motifs is 3. The van der Waals surface area contributed by atoms with Gasteiger partial charge in [-0.1, -0.05) is 6.07 Å². The van der Waals surface area contributed by atoms with E-state index < -0.39 is 28.5 Å². The number of pyridine rings is 1. The van der Waals surface area contributed by atoms with Crippen molar-refractivity contribution in [3.63, 3.8) is 0 Å². The fourth-order valence-corrected chi connectivity index (χ4v) is 4.47. The first-order valence-electron chi connectivity index (χ1n) is 10.5. The Hall–Kier alpha value is -3.94. The second-order valence-corrected chi connectivity index (χ2v) is 8.51. The second-order valence-electron chi connectivity index (χ2n) is 8.51. The molecule has 0 saturated heterocycles. The van der Waals surface area contributed by atoms with Crippen LogP contribution >= 0.6 is 0 Å². The number of rotatable bonds is 4. The molecule has 1 aliphatic heterocycles. The van der Waals surface area contributed by atoms with E-state index in [9.17, 15) is 24.6 Å². The largest absolute Gasteiger partial charge is 0.507 e.